The Morgan fingerprint density at radius 1 is 1.40 bits per heavy atom. The lowest BCUT2D eigenvalue weighted by atomic mass is 9.82. The number of hydrogen-bond donors (Lipinski definition) is 0. The van der Waals surface area contributed by atoms with E-state index in [1.54, 1.807) is 0 Å². The summed E-state index contributed by atoms with van der Waals surface area (Å²) in [5.41, 5.74) is 0.447. The number of hydrogen-bond acceptors (Lipinski definition) is 4. The molecule has 0 radical (unpaired) electrons. The second-order valence-corrected chi connectivity index (χ2v) is 4.93. The third kappa shape index (κ3) is 1.39. The van der Waals surface area contributed by atoms with Crippen LogP contribution in [0, 0.1) is 17.3 Å². The summed E-state index contributed by atoms with van der Waals surface area (Å²) in [7, 11) is 0. The van der Waals surface area contributed by atoms with E-state index < -0.39 is 5.97 Å². The van der Waals surface area contributed by atoms with Crippen LogP contribution in [0.25, 0.3) is 0 Å². The summed E-state index contributed by atoms with van der Waals surface area (Å²) < 4.78 is 0. The number of carbonyl (C=O) groups is 2. The fourth-order valence-electron chi connectivity index (χ4n) is 2.85. The molecule has 2 unspecified atom stereocenters. The highest BCUT2D eigenvalue weighted by molar-refractivity contribution is 6.44. The Morgan fingerprint density at radius 2 is 2.00 bits per heavy atom. The topological polar surface area (TPSA) is 55.7 Å². The Hall–Kier alpha value is -1.19. The number of rotatable bonds is 1. The predicted molar refractivity (Wildman–Crippen MR) is 54.2 cm³/mol. The summed E-state index contributed by atoms with van der Waals surface area (Å²) in [6.45, 7) is 5.46. The van der Waals surface area contributed by atoms with Crippen molar-refractivity contribution in [3.8, 4) is 0 Å². The number of fused-ring (bicyclic) bond motifs is 2. The molecule has 0 heterocycles. The van der Waals surface area contributed by atoms with Crippen molar-refractivity contribution in [1.29, 1.82) is 0 Å². The smallest absolute Gasteiger partial charge is 0.318 e. The molecule has 4 heteroatoms. The lowest BCUT2D eigenvalue weighted by Gasteiger charge is -2.21. The van der Waals surface area contributed by atoms with Crippen molar-refractivity contribution in [2.24, 2.45) is 22.4 Å². The molecule has 2 rings (SSSR count). The van der Waals surface area contributed by atoms with Gasteiger partial charge in [0.15, 0.2) is 5.78 Å². The molecule has 82 valence electrons. The molecule has 0 aromatic heterocycles. The number of carbonyl (C=O) groups excluding carboxylic acids is 2. The molecular weight excluding hydrogens is 194 g/mol. The van der Waals surface area contributed by atoms with Gasteiger partial charge in [0.1, 0.15) is 5.71 Å². The average molecular weight is 209 g/mol. The molecule has 4 nitrogen and oxygen atoms in total. The van der Waals surface area contributed by atoms with Crippen molar-refractivity contribution < 1.29 is 14.4 Å². The highest BCUT2D eigenvalue weighted by atomic mass is 16.7. The Balaban J connectivity index is 2.27. The molecule has 15 heavy (non-hydrogen) atoms. The van der Waals surface area contributed by atoms with Crippen LogP contribution in [0.3, 0.4) is 0 Å². The van der Waals surface area contributed by atoms with Gasteiger partial charge in [0.2, 0.25) is 0 Å². The SMILES string of the molecule is CC(=O)O/N=C1\C(=O)C2CCC1C2(C)C. The van der Waals surface area contributed by atoms with Crippen LogP contribution < -0.4 is 0 Å². The molecule has 2 aliphatic carbocycles. The van der Waals surface area contributed by atoms with E-state index in [0.717, 1.165) is 12.8 Å². The van der Waals surface area contributed by atoms with E-state index in [4.69, 9.17) is 0 Å². The lowest BCUT2D eigenvalue weighted by Crippen LogP contribution is -2.22. The van der Waals surface area contributed by atoms with Crippen LogP contribution in [0.15, 0.2) is 5.16 Å². The Kier molecular flexibility index (Phi) is 2.17. The molecule has 2 bridgehead atoms. The Morgan fingerprint density at radius 3 is 2.47 bits per heavy atom. The molecule has 0 amide bonds. The maximum atomic E-state index is 11.9. The van der Waals surface area contributed by atoms with Crippen molar-refractivity contribution in [2.45, 2.75) is 33.6 Å². The van der Waals surface area contributed by atoms with Crippen LogP contribution in [0.4, 0.5) is 0 Å². The number of Topliss-reactive ketones (excluding diaryl/α,β-unsaturated/α-hetero) is 1. The average Bonchev–Trinajstić information content (AvgIpc) is 2.50. The van der Waals surface area contributed by atoms with Gasteiger partial charge in [0.25, 0.3) is 0 Å². The minimum absolute atomic E-state index is 0.0178. The van der Waals surface area contributed by atoms with Gasteiger partial charge in [-0.3, -0.25) is 4.79 Å². The third-order valence-corrected chi connectivity index (χ3v) is 3.71. The van der Waals surface area contributed by atoms with Crippen LogP contribution in [0.2, 0.25) is 0 Å². The van der Waals surface area contributed by atoms with Gasteiger partial charge >= 0.3 is 5.97 Å². The molecule has 0 aromatic carbocycles. The summed E-state index contributed by atoms with van der Waals surface area (Å²) in [6, 6.07) is 0. The second kappa shape index (κ2) is 3.15. The first kappa shape index (κ1) is 10.3. The molecule has 2 aliphatic rings. The normalized spacial score (nSPS) is 34.9. The highest BCUT2D eigenvalue weighted by Crippen LogP contribution is 2.54. The van der Waals surface area contributed by atoms with E-state index in [2.05, 4.69) is 23.8 Å². The van der Waals surface area contributed by atoms with Gasteiger partial charge in [-0.1, -0.05) is 19.0 Å². The highest BCUT2D eigenvalue weighted by Gasteiger charge is 2.57. The summed E-state index contributed by atoms with van der Waals surface area (Å²) >= 11 is 0. The standard InChI is InChI=1S/C11H15NO3/c1-6(13)15-12-9-7-4-5-8(10(9)14)11(7,2)3/h7-8H,4-5H2,1-3H3/b12-9-. The summed E-state index contributed by atoms with van der Waals surface area (Å²) in [4.78, 5) is 27.1. The number of ketones is 1. The predicted octanol–water partition coefficient (Wildman–Crippen LogP) is 1.54. The zero-order valence-corrected chi connectivity index (χ0v) is 9.24. The van der Waals surface area contributed by atoms with Crippen molar-refractivity contribution in [1.82, 2.24) is 0 Å². The van der Waals surface area contributed by atoms with Crippen LogP contribution in [-0.2, 0) is 14.4 Å². The number of oxime groups is 1. The van der Waals surface area contributed by atoms with Crippen molar-refractivity contribution >= 4 is 17.5 Å². The zero-order chi connectivity index (χ0) is 11.2. The minimum Gasteiger partial charge on any atom is -0.318 e. The van der Waals surface area contributed by atoms with Gasteiger partial charge in [-0.25, -0.2) is 4.79 Å². The molecular formula is C11H15NO3. The Labute approximate surface area is 88.7 Å². The van der Waals surface area contributed by atoms with E-state index >= 15 is 0 Å². The first-order valence-electron chi connectivity index (χ1n) is 5.24. The third-order valence-electron chi connectivity index (χ3n) is 3.71. The first-order chi connectivity index (χ1) is 6.94. The summed E-state index contributed by atoms with van der Waals surface area (Å²) in [6.07, 6.45) is 1.92. The largest absolute Gasteiger partial charge is 0.331 e. The second-order valence-electron chi connectivity index (χ2n) is 4.93. The summed E-state index contributed by atoms with van der Waals surface area (Å²) in [5, 5.41) is 3.70. The molecule has 0 saturated heterocycles. The van der Waals surface area contributed by atoms with Crippen LogP contribution in [0.5, 0.6) is 0 Å². The fraction of sp³-hybridized carbons (Fsp3) is 0.727. The van der Waals surface area contributed by atoms with E-state index in [1.807, 2.05) is 0 Å². The van der Waals surface area contributed by atoms with Crippen molar-refractivity contribution in [2.75, 3.05) is 0 Å². The summed E-state index contributed by atoms with van der Waals surface area (Å²) in [5.74, 6) is -0.181. The van der Waals surface area contributed by atoms with Gasteiger partial charge in [-0.2, -0.15) is 0 Å². The quantitative estimate of drug-likeness (QED) is 0.486. The van der Waals surface area contributed by atoms with Crippen LogP contribution >= 0.6 is 0 Å². The lowest BCUT2D eigenvalue weighted by molar-refractivity contribution is -0.141. The molecule has 0 aliphatic heterocycles. The van der Waals surface area contributed by atoms with Gasteiger partial charge in [-0.15, -0.1) is 0 Å². The number of nitrogens with zero attached hydrogens (tertiary/aromatic N) is 1. The molecule has 0 N–H and O–H groups in total. The maximum absolute atomic E-state index is 11.9. The molecule has 0 spiro atoms. The van der Waals surface area contributed by atoms with Crippen LogP contribution in [-0.4, -0.2) is 17.5 Å². The van der Waals surface area contributed by atoms with E-state index in [-0.39, 0.29) is 23.0 Å². The van der Waals surface area contributed by atoms with Gasteiger partial charge in [0.05, 0.1) is 0 Å². The van der Waals surface area contributed by atoms with E-state index in [9.17, 15) is 9.59 Å². The molecule has 2 atom stereocenters. The fourth-order valence-corrected chi connectivity index (χ4v) is 2.85. The minimum atomic E-state index is -0.476. The molecule has 2 saturated carbocycles. The van der Waals surface area contributed by atoms with Gasteiger partial charge in [0, 0.05) is 18.8 Å². The van der Waals surface area contributed by atoms with E-state index in [1.165, 1.54) is 6.92 Å². The maximum Gasteiger partial charge on any atom is 0.331 e. The molecule has 0 aromatic rings. The van der Waals surface area contributed by atoms with Gasteiger partial charge < -0.3 is 4.84 Å². The first-order valence-corrected chi connectivity index (χ1v) is 5.24. The van der Waals surface area contributed by atoms with Gasteiger partial charge in [-0.05, 0) is 18.3 Å². The monoisotopic (exact) mass is 209 g/mol. The zero-order valence-electron chi connectivity index (χ0n) is 9.24. The van der Waals surface area contributed by atoms with E-state index in [0.29, 0.717) is 5.71 Å². The van der Waals surface area contributed by atoms with Crippen molar-refractivity contribution in [3.63, 3.8) is 0 Å². The molecule has 2 fully saturated rings. The van der Waals surface area contributed by atoms with Crippen molar-refractivity contribution in [3.05, 3.63) is 0 Å². The van der Waals surface area contributed by atoms with Crippen LogP contribution in [0.1, 0.15) is 33.6 Å². The Bertz CT molecular complexity index is 357.